The monoisotopic (exact) mass is 295 g/mol. The molecule has 0 fully saturated rings. The Balaban J connectivity index is 2.09. The summed E-state index contributed by atoms with van der Waals surface area (Å²) in [6.07, 6.45) is 0.712. The van der Waals surface area contributed by atoms with E-state index in [1.54, 1.807) is 12.1 Å². The molecule has 0 saturated carbocycles. The second-order valence-electron chi connectivity index (χ2n) is 4.78. The molecule has 0 aliphatic heterocycles. The van der Waals surface area contributed by atoms with Crippen LogP contribution in [0.4, 0.5) is 0 Å². The summed E-state index contributed by atoms with van der Waals surface area (Å²) in [5.41, 5.74) is 2.09. The Morgan fingerprint density at radius 1 is 0.864 bits per heavy atom. The van der Waals surface area contributed by atoms with Gasteiger partial charge in [0.2, 0.25) is 0 Å². The SMILES string of the molecule is CC(=O)ON=C(CCC(=O)c1ccccc1)c1ccccc1. The molecule has 0 unspecified atom stereocenters. The molecule has 0 radical (unpaired) electrons. The van der Waals surface area contributed by atoms with Crippen LogP contribution in [-0.4, -0.2) is 17.5 Å². The van der Waals surface area contributed by atoms with Gasteiger partial charge in [-0.1, -0.05) is 65.8 Å². The molecule has 0 aliphatic carbocycles. The highest BCUT2D eigenvalue weighted by Gasteiger charge is 2.10. The van der Waals surface area contributed by atoms with Crippen LogP contribution in [0.15, 0.2) is 65.8 Å². The minimum atomic E-state index is -0.484. The predicted molar refractivity (Wildman–Crippen MR) is 84.8 cm³/mol. The van der Waals surface area contributed by atoms with Gasteiger partial charge in [0.15, 0.2) is 5.78 Å². The lowest BCUT2D eigenvalue weighted by atomic mass is 10.0. The zero-order valence-electron chi connectivity index (χ0n) is 12.4. The molecule has 112 valence electrons. The molecule has 0 aliphatic rings. The molecule has 0 amide bonds. The number of rotatable bonds is 6. The number of Topliss-reactive ketones (excluding diaryl/α,β-unsaturated/α-hetero) is 1. The Bertz CT molecular complexity index is 663. The molecule has 0 aromatic heterocycles. The molecule has 2 aromatic rings. The van der Waals surface area contributed by atoms with Gasteiger partial charge in [-0.3, -0.25) is 4.79 Å². The second-order valence-corrected chi connectivity index (χ2v) is 4.78. The van der Waals surface area contributed by atoms with Crippen LogP contribution in [0.3, 0.4) is 0 Å². The van der Waals surface area contributed by atoms with Crippen LogP contribution in [0.25, 0.3) is 0 Å². The first-order valence-corrected chi connectivity index (χ1v) is 7.05. The highest BCUT2D eigenvalue weighted by Crippen LogP contribution is 2.11. The Hall–Kier alpha value is -2.75. The van der Waals surface area contributed by atoms with Crippen molar-refractivity contribution in [3.05, 3.63) is 71.8 Å². The lowest BCUT2D eigenvalue weighted by molar-refractivity contribution is -0.140. The molecule has 4 heteroatoms. The average molecular weight is 295 g/mol. The van der Waals surface area contributed by atoms with Gasteiger partial charge in [-0.15, -0.1) is 0 Å². The Labute approximate surface area is 129 Å². The smallest absolute Gasteiger partial charge is 0.318 e. The summed E-state index contributed by atoms with van der Waals surface area (Å²) in [5.74, 6) is -0.449. The minimum Gasteiger partial charge on any atom is -0.318 e. The van der Waals surface area contributed by atoms with E-state index in [1.165, 1.54) is 6.92 Å². The molecule has 22 heavy (non-hydrogen) atoms. The van der Waals surface area contributed by atoms with Crippen LogP contribution in [0.5, 0.6) is 0 Å². The first-order valence-electron chi connectivity index (χ1n) is 7.05. The molecular weight excluding hydrogens is 278 g/mol. The van der Waals surface area contributed by atoms with E-state index in [2.05, 4.69) is 5.16 Å². The standard InChI is InChI=1S/C18H17NO3/c1-14(20)22-19-17(15-8-4-2-5-9-15)12-13-18(21)16-10-6-3-7-11-16/h2-11H,12-13H2,1H3. The van der Waals surface area contributed by atoms with Crippen LogP contribution in [0.1, 0.15) is 35.7 Å². The van der Waals surface area contributed by atoms with Crippen molar-refractivity contribution in [3.63, 3.8) is 0 Å². The second kappa shape index (κ2) is 7.88. The van der Waals surface area contributed by atoms with Gasteiger partial charge in [0.25, 0.3) is 0 Å². The summed E-state index contributed by atoms with van der Waals surface area (Å²) in [7, 11) is 0. The molecule has 0 bridgehead atoms. The van der Waals surface area contributed by atoms with Crippen LogP contribution in [-0.2, 0) is 9.63 Å². The van der Waals surface area contributed by atoms with E-state index in [-0.39, 0.29) is 5.78 Å². The molecule has 0 N–H and O–H groups in total. The Morgan fingerprint density at radius 3 is 1.95 bits per heavy atom. The predicted octanol–water partition coefficient (Wildman–Crippen LogP) is 3.62. The van der Waals surface area contributed by atoms with Gasteiger partial charge in [0, 0.05) is 25.3 Å². The summed E-state index contributed by atoms with van der Waals surface area (Å²) in [6, 6.07) is 18.5. The van der Waals surface area contributed by atoms with Crippen molar-refractivity contribution in [1.82, 2.24) is 0 Å². The number of nitrogens with zero attached hydrogens (tertiary/aromatic N) is 1. The number of hydrogen-bond donors (Lipinski definition) is 0. The van der Waals surface area contributed by atoms with E-state index < -0.39 is 5.97 Å². The van der Waals surface area contributed by atoms with Crippen molar-refractivity contribution >= 4 is 17.5 Å². The summed E-state index contributed by atoms with van der Waals surface area (Å²) in [5, 5.41) is 3.87. The molecular formula is C18H17NO3. The number of carbonyl (C=O) groups is 2. The van der Waals surface area contributed by atoms with Crippen LogP contribution in [0.2, 0.25) is 0 Å². The summed E-state index contributed by atoms with van der Waals surface area (Å²) in [4.78, 5) is 27.8. The topological polar surface area (TPSA) is 55.7 Å². The van der Waals surface area contributed by atoms with Gasteiger partial charge in [-0.2, -0.15) is 0 Å². The summed E-state index contributed by atoms with van der Waals surface area (Å²) >= 11 is 0. The van der Waals surface area contributed by atoms with Crippen molar-refractivity contribution in [2.45, 2.75) is 19.8 Å². The lowest BCUT2D eigenvalue weighted by Gasteiger charge is -2.06. The van der Waals surface area contributed by atoms with Crippen molar-refractivity contribution in [2.24, 2.45) is 5.16 Å². The largest absolute Gasteiger partial charge is 0.331 e. The van der Waals surface area contributed by atoms with Crippen molar-refractivity contribution in [2.75, 3.05) is 0 Å². The fourth-order valence-electron chi connectivity index (χ4n) is 1.99. The highest BCUT2D eigenvalue weighted by atomic mass is 16.7. The molecule has 2 aromatic carbocycles. The maximum atomic E-state index is 12.2. The Morgan fingerprint density at radius 2 is 1.41 bits per heavy atom. The van der Waals surface area contributed by atoms with Gasteiger partial charge in [0.1, 0.15) is 0 Å². The van der Waals surface area contributed by atoms with E-state index in [0.717, 1.165) is 5.56 Å². The molecule has 0 heterocycles. The summed E-state index contributed by atoms with van der Waals surface area (Å²) in [6.45, 7) is 1.29. The highest BCUT2D eigenvalue weighted by molar-refractivity contribution is 6.04. The number of ketones is 1. The molecule has 2 rings (SSSR count). The average Bonchev–Trinajstić information content (AvgIpc) is 2.56. The van der Waals surface area contributed by atoms with Crippen LogP contribution < -0.4 is 0 Å². The van der Waals surface area contributed by atoms with Gasteiger partial charge < -0.3 is 4.84 Å². The van der Waals surface area contributed by atoms with Crippen molar-refractivity contribution in [1.29, 1.82) is 0 Å². The number of carbonyl (C=O) groups excluding carboxylic acids is 2. The maximum Gasteiger partial charge on any atom is 0.331 e. The third kappa shape index (κ3) is 4.66. The van der Waals surface area contributed by atoms with Gasteiger partial charge in [-0.05, 0) is 5.56 Å². The number of oxime groups is 1. The quantitative estimate of drug-likeness (QED) is 0.354. The summed E-state index contributed by atoms with van der Waals surface area (Å²) < 4.78 is 0. The number of benzene rings is 2. The minimum absolute atomic E-state index is 0.0343. The van der Waals surface area contributed by atoms with Crippen molar-refractivity contribution in [3.8, 4) is 0 Å². The third-order valence-electron chi connectivity index (χ3n) is 3.08. The lowest BCUT2D eigenvalue weighted by Crippen LogP contribution is -2.08. The van der Waals surface area contributed by atoms with Gasteiger partial charge in [0.05, 0.1) is 5.71 Å². The van der Waals surface area contributed by atoms with Crippen LogP contribution in [0, 0.1) is 0 Å². The number of hydrogen-bond acceptors (Lipinski definition) is 4. The van der Waals surface area contributed by atoms with E-state index in [0.29, 0.717) is 24.1 Å². The Kier molecular flexibility index (Phi) is 5.60. The zero-order chi connectivity index (χ0) is 15.8. The van der Waals surface area contributed by atoms with Crippen LogP contribution >= 0.6 is 0 Å². The first-order chi connectivity index (χ1) is 10.7. The van der Waals surface area contributed by atoms with Gasteiger partial charge in [-0.25, -0.2) is 4.79 Å². The zero-order valence-corrected chi connectivity index (χ0v) is 12.4. The van der Waals surface area contributed by atoms with E-state index in [1.807, 2.05) is 48.5 Å². The van der Waals surface area contributed by atoms with E-state index >= 15 is 0 Å². The molecule has 0 spiro atoms. The van der Waals surface area contributed by atoms with Crippen molar-refractivity contribution < 1.29 is 14.4 Å². The molecule has 0 saturated heterocycles. The fraction of sp³-hybridized carbons (Fsp3) is 0.167. The van der Waals surface area contributed by atoms with Gasteiger partial charge >= 0.3 is 5.97 Å². The third-order valence-corrected chi connectivity index (χ3v) is 3.08. The van der Waals surface area contributed by atoms with E-state index in [9.17, 15) is 9.59 Å². The maximum absolute atomic E-state index is 12.2. The molecule has 4 nitrogen and oxygen atoms in total. The van der Waals surface area contributed by atoms with E-state index in [4.69, 9.17) is 4.84 Å². The normalized spacial score (nSPS) is 11.0. The molecule has 0 atom stereocenters. The fourth-order valence-corrected chi connectivity index (χ4v) is 1.99. The first kappa shape index (κ1) is 15.6.